The van der Waals surface area contributed by atoms with Crippen LogP contribution in [0.1, 0.15) is 12.0 Å². The van der Waals surface area contributed by atoms with Gasteiger partial charge in [-0.1, -0.05) is 12.1 Å². The van der Waals surface area contributed by atoms with Gasteiger partial charge in [0.15, 0.2) is 5.82 Å². The number of aliphatic hydroxyl groups excluding tert-OH is 1. The molecule has 0 radical (unpaired) electrons. The Kier molecular flexibility index (Phi) is 7.43. The number of ether oxygens (including phenoxy) is 2. The summed E-state index contributed by atoms with van der Waals surface area (Å²) < 4.78 is 25.8. The van der Waals surface area contributed by atoms with Crippen molar-refractivity contribution < 1.29 is 19.0 Å². The summed E-state index contributed by atoms with van der Waals surface area (Å²) in [6.45, 7) is 3.73. The normalized spacial score (nSPS) is 16.5. The van der Waals surface area contributed by atoms with Crippen LogP contribution in [-0.4, -0.2) is 65.6 Å². The van der Waals surface area contributed by atoms with E-state index in [-0.39, 0.29) is 12.6 Å². The molecule has 3 heterocycles. The molecule has 0 saturated carbocycles. The maximum atomic E-state index is 14.6. The van der Waals surface area contributed by atoms with Gasteiger partial charge in [-0.25, -0.2) is 15.0 Å². The van der Waals surface area contributed by atoms with Gasteiger partial charge in [-0.05, 0) is 44.7 Å². The Labute approximate surface area is 192 Å². The number of pyridine rings is 1. The van der Waals surface area contributed by atoms with Crippen molar-refractivity contribution in [2.75, 3.05) is 38.7 Å². The van der Waals surface area contributed by atoms with Gasteiger partial charge < -0.3 is 25.2 Å². The van der Waals surface area contributed by atoms with E-state index in [0.717, 1.165) is 12.0 Å². The lowest BCUT2D eigenvalue weighted by Gasteiger charge is -2.18. The highest BCUT2D eigenvalue weighted by Crippen LogP contribution is 2.31. The molecule has 0 aliphatic carbocycles. The smallest absolute Gasteiger partial charge is 0.222 e. The highest BCUT2D eigenvalue weighted by atomic mass is 19.1. The van der Waals surface area contributed by atoms with Crippen LogP contribution in [0.4, 0.5) is 10.2 Å². The van der Waals surface area contributed by atoms with Gasteiger partial charge in [0.2, 0.25) is 5.95 Å². The summed E-state index contributed by atoms with van der Waals surface area (Å²) in [5, 5.41) is 16.2. The van der Waals surface area contributed by atoms with Crippen LogP contribution >= 0.6 is 0 Å². The lowest BCUT2D eigenvalue weighted by atomic mass is 10.1. The number of aliphatic hydroxyl groups is 1. The first-order valence-electron chi connectivity index (χ1n) is 10.9. The molecule has 0 amide bonds. The zero-order valence-electron chi connectivity index (χ0n) is 18.7. The van der Waals surface area contributed by atoms with Crippen LogP contribution in [0.15, 0.2) is 42.6 Å². The predicted molar refractivity (Wildman–Crippen MR) is 124 cm³/mol. The SMILES string of the molecule is CNCC(O)COc1cccc(-c2nc(N[C@@H]3CCOC3)c(C)c(-c3cccnc3F)n2)c1. The molecule has 174 valence electrons. The molecule has 0 bridgehead atoms. The average Bonchev–Trinajstić information content (AvgIpc) is 3.33. The third-order valence-corrected chi connectivity index (χ3v) is 5.40. The van der Waals surface area contributed by atoms with E-state index in [1.807, 2.05) is 25.1 Å². The third-order valence-electron chi connectivity index (χ3n) is 5.40. The van der Waals surface area contributed by atoms with Gasteiger partial charge >= 0.3 is 0 Å². The quantitative estimate of drug-likeness (QED) is 0.425. The molecule has 33 heavy (non-hydrogen) atoms. The highest BCUT2D eigenvalue weighted by molar-refractivity contribution is 5.72. The van der Waals surface area contributed by atoms with Crippen LogP contribution in [0.3, 0.4) is 0 Å². The fourth-order valence-corrected chi connectivity index (χ4v) is 3.66. The Morgan fingerprint density at radius 3 is 2.91 bits per heavy atom. The van der Waals surface area contributed by atoms with Gasteiger partial charge in [-0.2, -0.15) is 4.39 Å². The Hall–Kier alpha value is -3.14. The van der Waals surface area contributed by atoms with Gasteiger partial charge in [-0.15, -0.1) is 0 Å². The first kappa shape index (κ1) is 23.0. The van der Waals surface area contributed by atoms with Crippen molar-refractivity contribution in [3.8, 4) is 28.4 Å². The van der Waals surface area contributed by atoms with E-state index in [2.05, 4.69) is 15.6 Å². The summed E-state index contributed by atoms with van der Waals surface area (Å²) in [7, 11) is 1.77. The number of rotatable bonds is 9. The van der Waals surface area contributed by atoms with Gasteiger partial charge in [-0.3, -0.25) is 0 Å². The zero-order chi connectivity index (χ0) is 23.2. The van der Waals surface area contributed by atoms with Crippen LogP contribution in [0.25, 0.3) is 22.6 Å². The van der Waals surface area contributed by atoms with Crippen molar-refractivity contribution in [1.82, 2.24) is 20.3 Å². The summed E-state index contributed by atoms with van der Waals surface area (Å²) in [5.74, 6) is 1.06. The number of hydrogen-bond acceptors (Lipinski definition) is 8. The first-order valence-corrected chi connectivity index (χ1v) is 10.9. The maximum Gasteiger partial charge on any atom is 0.222 e. The van der Waals surface area contributed by atoms with Gasteiger partial charge in [0.05, 0.1) is 23.9 Å². The van der Waals surface area contributed by atoms with Crippen molar-refractivity contribution in [2.24, 2.45) is 0 Å². The standard InChI is InChI=1S/C24H28FN5O3/c1-15-21(20-7-4-9-27-22(20)25)29-24(30-23(15)28-17-8-10-32-13-17)16-5-3-6-19(11-16)33-14-18(31)12-26-2/h3-7,9,11,17-18,26,31H,8,10,12-14H2,1-2H3,(H,28,29,30)/t17-,18?/m1/s1. The minimum atomic E-state index is -0.626. The molecular formula is C24H28FN5O3. The van der Waals surface area contributed by atoms with E-state index >= 15 is 0 Å². The molecule has 3 aromatic rings. The molecule has 1 aliphatic rings. The van der Waals surface area contributed by atoms with E-state index in [9.17, 15) is 9.50 Å². The zero-order valence-corrected chi connectivity index (χ0v) is 18.7. The van der Waals surface area contributed by atoms with Crippen LogP contribution in [-0.2, 0) is 4.74 Å². The number of nitrogens with zero attached hydrogens (tertiary/aromatic N) is 3. The molecule has 1 fully saturated rings. The van der Waals surface area contributed by atoms with Crippen LogP contribution in [0.2, 0.25) is 0 Å². The van der Waals surface area contributed by atoms with Gasteiger partial charge in [0.1, 0.15) is 24.3 Å². The molecule has 2 atom stereocenters. The first-order chi connectivity index (χ1) is 16.0. The fraction of sp³-hybridized carbons (Fsp3) is 0.375. The summed E-state index contributed by atoms with van der Waals surface area (Å²) in [5.41, 5.74) is 2.24. The second-order valence-corrected chi connectivity index (χ2v) is 7.97. The number of likely N-dealkylation sites (N-methyl/N-ethyl adjacent to an activating group) is 1. The van der Waals surface area contributed by atoms with Crippen molar-refractivity contribution in [3.05, 3.63) is 54.1 Å². The molecule has 4 rings (SSSR count). The molecule has 0 spiro atoms. The number of aromatic nitrogens is 3. The van der Waals surface area contributed by atoms with Crippen molar-refractivity contribution in [2.45, 2.75) is 25.5 Å². The summed E-state index contributed by atoms with van der Waals surface area (Å²) in [4.78, 5) is 13.2. The van der Waals surface area contributed by atoms with Crippen molar-refractivity contribution in [1.29, 1.82) is 0 Å². The largest absolute Gasteiger partial charge is 0.491 e. The summed E-state index contributed by atoms with van der Waals surface area (Å²) >= 11 is 0. The maximum absolute atomic E-state index is 14.6. The van der Waals surface area contributed by atoms with E-state index in [1.165, 1.54) is 6.20 Å². The average molecular weight is 454 g/mol. The topological polar surface area (TPSA) is 101 Å². The second kappa shape index (κ2) is 10.7. The number of nitrogens with one attached hydrogen (secondary N) is 2. The molecule has 1 saturated heterocycles. The Morgan fingerprint density at radius 1 is 1.27 bits per heavy atom. The Balaban J connectivity index is 1.71. The van der Waals surface area contributed by atoms with E-state index in [4.69, 9.17) is 19.4 Å². The van der Waals surface area contributed by atoms with Crippen LogP contribution in [0.5, 0.6) is 5.75 Å². The molecule has 1 unspecified atom stereocenters. The van der Waals surface area contributed by atoms with Crippen molar-refractivity contribution >= 4 is 5.82 Å². The molecule has 2 aromatic heterocycles. The number of halogens is 1. The van der Waals surface area contributed by atoms with Crippen LogP contribution < -0.4 is 15.4 Å². The summed E-state index contributed by atoms with van der Waals surface area (Å²) in [6.07, 6.45) is 1.65. The lowest BCUT2D eigenvalue weighted by molar-refractivity contribution is 0.108. The number of hydrogen-bond donors (Lipinski definition) is 3. The van der Waals surface area contributed by atoms with Gasteiger partial charge in [0, 0.05) is 30.5 Å². The third kappa shape index (κ3) is 5.62. The predicted octanol–water partition coefficient (Wildman–Crippen LogP) is 2.81. The molecule has 9 heteroatoms. The number of benzene rings is 1. The Bertz CT molecular complexity index is 1090. The van der Waals surface area contributed by atoms with Crippen LogP contribution in [0, 0.1) is 12.9 Å². The van der Waals surface area contributed by atoms with E-state index in [1.54, 1.807) is 25.2 Å². The molecule has 1 aromatic carbocycles. The van der Waals surface area contributed by atoms with Gasteiger partial charge in [0.25, 0.3) is 0 Å². The molecule has 8 nitrogen and oxygen atoms in total. The molecular weight excluding hydrogens is 425 g/mol. The second-order valence-electron chi connectivity index (χ2n) is 7.97. The lowest BCUT2D eigenvalue weighted by Crippen LogP contribution is -2.29. The minimum Gasteiger partial charge on any atom is -0.491 e. The number of anilines is 1. The summed E-state index contributed by atoms with van der Waals surface area (Å²) in [6, 6.07) is 10.8. The molecule has 1 aliphatic heterocycles. The minimum absolute atomic E-state index is 0.126. The van der Waals surface area contributed by atoms with Crippen molar-refractivity contribution in [3.63, 3.8) is 0 Å². The fourth-order valence-electron chi connectivity index (χ4n) is 3.66. The monoisotopic (exact) mass is 453 g/mol. The van der Waals surface area contributed by atoms with E-state index in [0.29, 0.717) is 54.0 Å². The van der Waals surface area contributed by atoms with E-state index < -0.39 is 12.1 Å². The highest BCUT2D eigenvalue weighted by Gasteiger charge is 2.21. The molecule has 3 N–H and O–H groups in total. The Morgan fingerprint density at radius 2 is 2.15 bits per heavy atom.